The fourth-order valence-electron chi connectivity index (χ4n) is 4.16. The van der Waals surface area contributed by atoms with Crippen LogP contribution in [0.2, 0.25) is 0 Å². The molecule has 7 heteroatoms. The van der Waals surface area contributed by atoms with Gasteiger partial charge in [-0.1, -0.05) is 18.2 Å². The van der Waals surface area contributed by atoms with Crippen molar-refractivity contribution in [1.29, 1.82) is 0 Å². The van der Waals surface area contributed by atoms with Crippen LogP contribution in [0.3, 0.4) is 0 Å². The second kappa shape index (κ2) is 10.7. The minimum atomic E-state index is 0.204. The molecule has 1 aromatic carbocycles. The molecule has 0 bridgehead atoms. The van der Waals surface area contributed by atoms with Crippen molar-refractivity contribution in [3.63, 3.8) is 0 Å². The van der Waals surface area contributed by atoms with Crippen LogP contribution in [0.5, 0.6) is 5.75 Å². The molecule has 1 aliphatic carbocycles. The van der Waals surface area contributed by atoms with E-state index in [1.54, 1.807) is 0 Å². The number of rotatable bonds is 9. The zero-order valence-electron chi connectivity index (χ0n) is 18.2. The Morgan fingerprint density at radius 2 is 2.10 bits per heavy atom. The lowest BCUT2D eigenvalue weighted by Crippen LogP contribution is -2.60. The molecule has 4 rings (SSSR count). The van der Waals surface area contributed by atoms with Gasteiger partial charge in [-0.05, 0) is 43.9 Å². The molecule has 166 valence electrons. The lowest BCUT2D eigenvalue weighted by molar-refractivity contribution is -0.0120. The van der Waals surface area contributed by atoms with E-state index in [0.717, 1.165) is 69.2 Å². The van der Waals surface area contributed by atoms with Crippen LogP contribution in [0.1, 0.15) is 31.7 Å². The molecular formula is C23H36N4O2S. The van der Waals surface area contributed by atoms with E-state index in [4.69, 9.17) is 14.5 Å². The van der Waals surface area contributed by atoms with E-state index in [-0.39, 0.29) is 5.54 Å². The number of hydrogen-bond donors (Lipinski definition) is 2. The Bertz CT molecular complexity index is 698. The third-order valence-corrected chi connectivity index (χ3v) is 7.48. The standard InChI is InChI=1S/C23H36N4O2S/c1-2-24-22(25-15-20-5-3-4-6-21(20)29-16-19-7-8-19)26-17-23(9-14-30-18-23)27-10-12-28-13-11-27/h3-6,19H,2,7-18H2,1H3,(H2,24,25,26). The van der Waals surface area contributed by atoms with Crippen LogP contribution in [0, 0.1) is 5.92 Å². The highest BCUT2D eigenvalue weighted by molar-refractivity contribution is 7.99. The molecule has 1 saturated carbocycles. The lowest BCUT2D eigenvalue weighted by atomic mass is 9.95. The molecule has 2 heterocycles. The summed E-state index contributed by atoms with van der Waals surface area (Å²) in [5.74, 6) is 5.02. The van der Waals surface area contributed by atoms with Gasteiger partial charge in [0.15, 0.2) is 5.96 Å². The summed E-state index contributed by atoms with van der Waals surface area (Å²) in [7, 11) is 0. The summed E-state index contributed by atoms with van der Waals surface area (Å²) < 4.78 is 11.6. The van der Waals surface area contributed by atoms with Gasteiger partial charge in [0.2, 0.25) is 0 Å². The highest BCUT2D eigenvalue weighted by atomic mass is 32.2. The first kappa shape index (κ1) is 21.8. The Balaban J connectivity index is 1.38. The Morgan fingerprint density at radius 3 is 2.83 bits per heavy atom. The number of para-hydroxylation sites is 1. The van der Waals surface area contributed by atoms with Crippen LogP contribution >= 0.6 is 11.8 Å². The van der Waals surface area contributed by atoms with Crippen molar-refractivity contribution in [2.24, 2.45) is 10.9 Å². The molecule has 2 N–H and O–H groups in total. The summed E-state index contributed by atoms with van der Waals surface area (Å²) in [5.41, 5.74) is 1.35. The molecule has 30 heavy (non-hydrogen) atoms. The number of hydrogen-bond acceptors (Lipinski definition) is 5. The average molecular weight is 433 g/mol. The summed E-state index contributed by atoms with van der Waals surface area (Å²) >= 11 is 2.07. The minimum Gasteiger partial charge on any atom is -0.493 e. The highest BCUT2D eigenvalue weighted by Crippen LogP contribution is 2.33. The Kier molecular flexibility index (Phi) is 7.79. The molecule has 1 aromatic rings. The summed E-state index contributed by atoms with van der Waals surface area (Å²) in [6, 6.07) is 8.30. The first-order valence-electron chi connectivity index (χ1n) is 11.4. The molecule has 3 aliphatic rings. The SMILES string of the molecule is CCNC(=NCc1ccccc1OCC1CC1)NCC1(N2CCOCC2)CCSC1. The Hall–Kier alpha value is -1.44. The number of benzene rings is 1. The summed E-state index contributed by atoms with van der Waals surface area (Å²) in [6.07, 6.45) is 3.83. The molecule has 1 unspecified atom stereocenters. The van der Waals surface area contributed by atoms with E-state index in [2.05, 4.69) is 52.4 Å². The van der Waals surface area contributed by atoms with E-state index in [1.165, 1.54) is 30.8 Å². The van der Waals surface area contributed by atoms with Gasteiger partial charge in [0, 0.05) is 43.0 Å². The fourth-order valence-corrected chi connectivity index (χ4v) is 5.63. The molecule has 0 radical (unpaired) electrons. The van der Waals surface area contributed by atoms with Gasteiger partial charge in [-0.2, -0.15) is 11.8 Å². The maximum absolute atomic E-state index is 6.06. The monoisotopic (exact) mass is 432 g/mol. The summed E-state index contributed by atoms with van der Waals surface area (Å²) in [5, 5.41) is 7.08. The van der Waals surface area contributed by atoms with Crippen molar-refractivity contribution in [2.75, 3.05) is 57.5 Å². The van der Waals surface area contributed by atoms with Crippen molar-refractivity contribution in [2.45, 2.75) is 38.3 Å². The van der Waals surface area contributed by atoms with Gasteiger partial charge in [0.05, 0.1) is 26.4 Å². The van der Waals surface area contributed by atoms with E-state index in [9.17, 15) is 0 Å². The van der Waals surface area contributed by atoms with E-state index in [0.29, 0.717) is 6.54 Å². The topological polar surface area (TPSA) is 58.1 Å². The van der Waals surface area contributed by atoms with Crippen LogP contribution in [0.4, 0.5) is 0 Å². The number of ether oxygens (including phenoxy) is 2. The van der Waals surface area contributed by atoms with Gasteiger partial charge < -0.3 is 20.1 Å². The predicted molar refractivity (Wildman–Crippen MR) is 125 cm³/mol. The fraction of sp³-hybridized carbons (Fsp3) is 0.696. The van der Waals surface area contributed by atoms with Crippen molar-refractivity contribution >= 4 is 17.7 Å². The number of nitrogens with one attached hydrogen (secondary N) is 2. The molecule has 6 nitrogen and oxygen atoms in total. The third-order valence-electron chi connectivity index (χ3n) is 6.25. The molecule has 2 aliphatic heterocycles. The van der Waals surface area contributed by atoms with E-state index < -0.39 is 0 Å². The largest absolute Gasteiger partial charge is 0.493 e. The molecule has 3 fully saturated rings. The summed E-state index contributed by atoms with van der Waals surface area (Å²) in [4.78, 5) is 7.52. The molecule has 0 aromatic heterocycles. The zero-order valence-corrected chi connectivity index (χ0v) is 19.0. The van der Waals surface area contributed by atoms with Crippen molar-refractivity contribution in [3.05, 3.63) is 29.8 Å². The first-order chi connectivity index (χ1) is 14.8. The van der Waals surface area contributed by atoms with E-state index >= 15 is 0 Å². The molecule has 0 spiro atoms. The van der Waals surface area contributed by atoms with Gasteiger partial charge >= 0.3 is 0 Å². The Labute approximate surface area is 185 Å². The number of nitrogens with zero attached hydrogens (tertiary/aromatic N) is 2. The van der Waals surface area contributed by atoms with Crippen molar-refractivity contribution in [3.8, 4) is 5.75 Å². The zero-order chi connectivity index (χ0) is 20.7. The normalized spacial score (nSPS) is 25.3. The Morgan fingerprint density at radius 1 is 1.27 bits per heavy atom. The smallest absolute Gasteiger partial charge is 0.191 e. The maximum Gasteiger partial charge on any atom is 0.191 e. The van der Waals surface area contributed by atoms with Crippen LogP contribution in [0.15, 0.2) is 29.3 Å². The molecule has 1 atom stereocenters. The quantitative estimate of drug-likeness (QED) is 0.462. The number of thioether (sulfide) groups is 1. The minimum absolute atomic E-state index is 0.204. The van der Waals surface area contributed by atoms with Crippen LogP contribution < -0.4 is 15.4 Å². The second-order valence-electron chi connectivity index (χ2n) is 8.54. The van der Waals surface area contributed by atoms with Gasteiger partial charge in [-0.15, -0.1) is 0 Å². The second-order valence-corrected chi connectivity index (χ2v) is 9.64. The summed E-state index contributed by atoms with van der Waals surface area (Å²) in [6.45, 7) is 9.09. The lowest BCUT2D eigenvalue weighted by Gasteiger charge is -2.43. The number of aliphatic imine (C=N–C) groups is 1. The third kappa shape index (κ3) is 5.83. The first-order valence-corrected chi connectivity index (χ1v) is 12.6. The predicted octanol–water partition coefficient (Wildman–Crippen LogP) is 2.74. The van der Waals surface area contributed by atoms with Crippen LogP contribution in [0.25, 0.3) is 0 Å². The average Bonchev–Trinajstić information content (AvgIpc) is 3.50. The molecular weight excluding hydrogens is 396 g/mol. The molecule has 2 saturated heterocycles. The maximum atomic E-state index is 6.06. The van der Waals surface area contributed by atoms with Gasteiger partial charge in [0.1, 0.15) is 5.75 Å². The van der Waals surface area contributed by atoms with Crippen molar-refractivity contribution < 1.29 is 9.47 Å². The highest BCUT2D eigenvalue weighted by Gasteiger charge is 2.40. The number of guanidine groups is 1. The van der Waals surface area contributed by atoms with Crippen LogP contribution in [-0.4, -0.2) is 73.9 Å². The van der Waals surface area contributed by atoms with Crippen LogP contribution in [-0.2, 0) is 11.3 Å². The van der Waals surface area contributed by atoms with E-state index in [1.807, 2.05) is 6.07 Å². The van der Waals surface area contributed by atoms with Gasteiger partial charge in [-0.25, -0.2) is 4.99 Å². The molecule has 0 amide bonds. The number of morpholine rings is 1. The van der Waals surface area contributed by atoms with Gasteiger partial charge in [-0.3, -0.25) is 4.90 Å². The van der Waals surface area contributed by atoms with Gasteiger partial charge in [0.25, 0.3) is 0 Å². The van der Waals surface area contributed by atoms with Crippen molar-refractivity contribution in [1.82, 2.24) is 15.5 Å².